The lowest BCUT2D eigenvalue weighted by molar-refractivity contribution is -0.122. The van der Waals surface area contributed by atoms with Crippen LogP contribution in [0.3, 0.4) is 0 Å². The van der Waals surface area contributed by atoms with Crippen LogP contribution < -0.4 is 10.1 Å². The van der Waals surface area contributed by atoms with Gasteiger partial charge >= 0.3 is 0 Å². The number of anilines is 1. The van der Waals surface area contributed by atoms with E-state index in [9.17, 15) is 4.79 Å². The zero-order chi connectivity index (χ0) is 22.9. The summed E-state index contributed by atoms with van der Waals surface area (Å²) < 4.78 is 11.6. The molecule has 0 aliphatic heterocycles. The first-order valence-corrected chi connectivity index (χ1v) is 11.0. The van der Waals surface area contributed by atoms with Crippen LogP contribution >= 0.6 is 23.2 Å². The first kappa shape index (κ1) is 21.3. The Morgan fingerprint density at radius 3 is 2.61 bits per heavy atom. The largest absolute Gasteiger partial charge is 0.479 e. The van der Waals surface area contributed by atoms with Crippen LogP contribution in [0.25, 0.3) is 33.3 Å². The Kier molecular flexibility index (Phi) is 5.67. The van der Waals surface area contributed by atoms with E-state index in [0.717, 1.165) is 16.3 Å². The number of aromatic nitrogens is 1. The van der Waals surface area contributed by atoms with Crippen molar-refractivity contribution in [3.63, 3.8) is 0 Å². The molecule has 1 unspecified atom stereocenters. The normalized spacial score (nSPS) is 12.1. The van der Waals surface area contributed by atoms with Crippen molar-refractivity contribution >= 4 is 56.7 Å². The van der Waals surface area contributed by atoms with E-state index in [1.165, 1.54) is 0 Å². The van der Waals surface area contributed by atoms with Gasteiger partial charge in [0.2, 0.25) is 5.89 Å². The first-order chi connectivity index (χ1) is 16.0. The Balaban J connectivity index is 1.34. The minimum absolute atomic E-state index is 0.321. The average Bonchev–Trinajstić information content (AvgIpc) is 3.24. The molecule has 0 bridgehead atoms. The first-order valence-electron chi connectivity index (χ1n) is 10.3. The number of nitrogens with one attached hydrogen (secondary N) is 1. The Bertz CT molecular complexity index is 1500. The molecule has 1 heterocycles. The number of nitrogens with zero attached hydrogens (tertiary/aromatic N) is 1. The number of carbonyl (C=O) groups is 1. The molecule has 0 aliphatic rings. The maximum atomic E-state index is 12.6. The molecule has 0 aliphatic carbocycles. The third kappa shape index (κ3) is 4.51. The molecule has 164 valence electrons. The Morgan fingerprint density at radius 1 is 0.970 bits per heavy atom. The van der Waals surface area contributed by atoms with Gasteiger partial charge in [-0.05, 0) is 66.2 Å². The van der Waals surface area contributed by atoms with Gasteiger partial charge in [0.1, 0.15) is 11.3 Å². The summed E-state index contributed by atoms with van der Waals surface area (Å²) in [6, 6.07) is 24.3. The molecular formula is C26H18Cl2N2O3. The van der Waals surface area contributed by atoms with Crippen LogP contribution in [0.2, 0.25) is 10.0 Å². The van der Waals surface area contributed by atoms with E-state index in [2.05, 4.69) is 22.4 Å². The number of halogens is 2. The van der Waals surface area contributed by atoms with Gasteiger partial charge in [0.25, 0.3) is 5.91 Å². The van der Waals surface area contributed by atoms with Gasteiger partial charge in [-0.3, -0.25) is 4.79 Å². The van der Waals surface area contributed by atoms with Gasteiger partial charge in [-0.2, -0.15) is 0 Å². The Morgan fingerprint density at radius 2 is 1.79 bits per heavy atom. The number of carbonyl (C=O) groups excluding carboxylic acids is 1. The molecule has 0 saturated carbocycles. The molecular weight excluding hydrogens is 459 g/mol. The molecule has 1 N–H and O–H groups in total. The molecule has 0 fully saturated rings. The van der Waals surface area contributed by atoms with Crippen LogP contribution in [0.15, 0.2) is 83.3 Å². The van der Waals surface area contributed by atoms with Crippen molar-refractivity contribution in [2.45, 2.75) is 13.0 Å². The van der Waals surface area contributed by atoms with E-state index in [1.807, 2.05) is 30.3 Å². The van der Waals surface area contributed by atoms with Crippen LogP contribution in [0, 0.1) is 0 Å². The SMILES string of the molecule is CC(Oc1ccc(Cl)cc1Cl)C(=O)Nc1ccc2oc(-c3ccc4ccccc4c3)nc2c1. The van der Waals surface area contributed by atoms with Crippen LogP contribution in [-0.2, 0) is 4.79 Å². The predicted molar refractivity (Wildman–Crippen MR) is 132 cm³/mol. The summed E-state index contributed by atoms with van der Waals surface area (Å²) in [4.78, 5) is 17.2. The van der Waals surface area contributed by atoms with Gasteiger partial charge in [0, 0.05) is 16.3 Å². The van der Waals surface area contributed by atoms with E-state index in [4.69, 9.17) is 32.4 Å². The average molecular weight is 477 g/mol. The second-order valence-corrected chi connectivity index (χ2v) is 8.43. The summed E-state index contributed by atoms with van der Waals surface area (Å²) in [5, 5.41) is 5.94. The summed E-state index contributed by atoms with van der Waals surface area (Å²) in [6.45, 7) is 1.65. The maximum absolute atomic E-state index is 12.6. The lowest BCUT2D eigenvalue weighted by Gasteiger charge is -2.15. The third-order valence-corrected chi connectivity index (χ3v) is 5.75. The number of oxazole rings is 1. The monoisotopic (exact) mass is 476 g/mol. The van der Waals surface area contributed by atoms with Crippen molar-refractivity contribution in [2.75, 3.05) is 5.32 Å². The zero-order valence-electron chi connectivity index (χ0n) is 17.5. The standard InChI is InChI=1S/C26H18Cl2N2O3/c1-15(32-23-10-8-19(27)13-21(23)28)25(31)29-20-9-11-24-22(14-20)30-26(33-24)18-7-6-16-4-2-3-5-17(16)12-18/h2-15H,1H3,(H,29,31). The van der Waals surface area contributed by atoms with E-state index < -0.39 is 6.10 Å². The van der Waals surface area contributed by atoms with Gasteiger partial charge in [-0.1, -0.05) is 53.5 Å². The maximum Gasteiger partial charge on any atom is 0.265 e. The van der Waals surface area contributed by atoms with E-state index in [-0.39, 0.29) is 5.91 Å². The quantitative estimate of drug-likeness (QED) is 0.287. The Labute approximate surface area is 199 Å². The zero-order valence-corrected chi connectivity index (χ0v) is 19.0. The second-order valence-electron chi connectivity index (χ2n) is 7.59. The van der Waals surface area contributed by atoms with Gasteiger partial charge in [0.05, 0.1) is 5.02 Å². The van der Waals surface area contributed by atoms with E-state index in [0.29, 0.717) is 38.5 Å². The molecule has 4 aromatic carbocycles. The number of benzene rings is 4. The van der Waals surface area contributed by atoms with Crippen LogP contribution in [0.4, 0.5) is 5.69 Å². The highest BCUT2D eigenvalue weighted by Gasteiger charge is 2.17. The summed E-state index contributed by atoms with van der Waals surface area (Å²) >= 11 is 12.0. The van der Waals surface area contributed by atoms with Crippen molar-refractivity contribution in [2.24, 2.45) is 0 Å². The molecule has 5 aromatic rings. The fraction of sp³-hybridized carbons (Fsp3) is 0.0769. The van der Waals surface area contributed by atoms with Crippen molar-refractivity contribution < 1.29 is 13.9 Å². The number of ether oxygens (including phenoxy) is 1. The number of fused-ring (bicyclic) bond motifs is 2. The van der Waals surface area contributed by atoms with E-state index >= 15 is 0 Å². The Hall–Kier alpha value is -3.54. The summed E-state index contributed by atoms with van der Waals surface area (Å²) in [5.74, 6) is 0.586. The molecule has 0 radical (unpaired) electrons. The molecule has 7 heteroatoms. The molecule has 5 rings (SSSR count). The minimum Gasteiger partial charge on any atom is -0.479 e. The summed E-state index contributed by atoms with van der Waals surface area (Å²) in [5.41, 5.74) is 2.75. The number of rotatable bonds is 5. The highest BCUT2D eigenvalue weighted by molar-refractivity contribution is 6.35. The van der Waals surface area contributed by atoms with Crippen molar-refractivity contribution in [3.8, 4) is 17.2 Å². The van der Waals surface area contributed by atoms with Crippen LogP contribution in [-0.4, -0.2) is 17.0 Å². The van der Waals surface area contributed by atoms with Gasteiger partial charge in [-0.25, -0.2) is 4.98 Å². The highest BCUT2D eigenvalue weighted by atomic mass is 35.5. The van der Waals surface area contributed by atoms with Crippen molar-refractivity contribution in [3.05, 3.63) is 88.9 Å². The van der Waals surface area contributed by atoms with Gasteiger partial charge in [0.15, 0.2) is 11.7 Å². The predicted octanol–water partition coefficient (Wildman–Crippen LogP) is 7.36. The van der Waals surface area contributed by atoms with Gasteiger partial charge < -0.3 is 14.5 Å². The molecule has 0 saturated heterocycles. The number of hydrogen-bond donors (Lipinski definition) is 1. The molecule has 0 spiro atoms. The molecule has 1 aromatic heterocycles. The highest BCUT2D eigenvalue weighted by Crippen LogP contribution is 2.30. The fourth-order valence-electron chi connectivity index (χ4n) is 3.51. The van der Waals surface area contributed by atoms with E-state index in [1.54, 1.807) is 43.3 Å². The lowest BCUT2D eigenvalue weighted by Crippen LogP contribution is -2.30. The summed E-state index contributed by atoms with van der Waals surface area (Å²) in [7, 11) is 0. The smallest absolute Gasteiger partial charge is 0.265 e. The van der Waals surface area contributed by atoms with Gasteiger partial charge in [-0.15, -0.1) is 0 Å². The summed E-state index contributed by atoms with van der Waals surface area (Å²) in [6.07, 6.45) is -0.773. The van der Waals surface area contributed by atoms with Crippen LogP contribution in [0.5, 0.6) is 5.75 Å². The third-order valence-electron chi connectivity index (χ3n) is 5.22. The van der Waals surface area contributed by atoms with Crippen molar-refractivity contribution in [1.29, 1.82) is 0 Å². The number of amides is 1. The number of hydrogen-bond acceptors (Lipinski definition) is 4. The topological polar surface area (TPSA) is 64.4 Å². The fourth-order valence-corrected chi connectivity index (χ4v) is 3.96. The second kappa shape index (κ2) is 8.77. The van der Waals surface area contributed by atoms with Crippen LogP contribution in [0.1, 0.15) is 6.92 Å². The van der Waals surface area contributed by atoms with Crippen molar-refractivity contribution in [1.82, 2.24) is 4.98 Å². The lowest BCUT2D eigenvalue weighted by atomic mass is 10.1. The molecule has 1 amide bonds. The molecule has 1 atom stereocenters. The molecule has 5 nitrogen and oxygen atoms in total. The molecule has 33 heavy (non-hydrogen) atoms. The minimum atomic E-state index is -0.773.